The van der Waals surface area contributed by atoms with Crippen LogP contribution in [0.15, 0.2) is 4.99 Å². The van der Waals surface area contributed by atoms with Crippen molar-refractivity contribution in [2.75, 3.05) is 13.2 Å². The van der Waals surface area contributed by atoms with Crippen LogP contribution in [0.2, 0.25) is 0 Å². The van der Waals surface area contributed by atoms with Gasteiger partial charge in [0.25, 0.3) is 0 Å². The van der Waals surface area contributed by atoms with Crippen molar-refractivity contribution in [3.63, 3.8) is 0 Å². The number of nitrogens with two attached hydrogens (primary N) is 3. The number of nitrogens with zero attached hydrogens (tertiary/aromatic N) is 1. The van der Waals surface area contributed by atoms with Crippen LogP contribution >= 0.6 is 0 Å². The van der Waals surface area contributed by atoms with Crippen LogP contribution in [0.3, 0.4) is 0 Å². The van der Waals surface area contributed by atoms with Crippen molar-refractivity contribution in [1.82, 2.24) is 5.32 Å². The van der Waals surface area contributed by atoms with Gasteiger partial charge < -0.3 is 27.6 Å². The van der Waals surface area contributed by atoms with Crippen LogP contribution < -0.4 is 22.5 Å². The first kappa shape index (κ1) is 24.0. The Kier molecular flexibility index (Phi) is 9.03. The number of carbonyl (C=O) groups is 3. The number of aliphatic hydroxyl groups excluding tert-OH is 1. The van der Waals surface area contributed by atoms with Gasteiger partial charge in [0.2, 0.25) is 5.91 Å². The monoisotopic (exact) mass is 397 g/mol. The number of carbonyl (C=O) groups excluding carboxylic acids is 3. The highest BCUT2D eigenvalue weighted by Crippen LogP contribution is 2.46. The molecule has 1 saturated carbocycles. The minimum absolute atomic E-state index is 0.0265. The lowest BCUT2D eigenvalue weighted by atomic mass is 9.91. The molecule has 0 aliphatic heterocycles. The van der Waals surface area contributed by atoms with E-state index in [-0.39, 0.29) is 29.9 Å². The molecule has 0 heterocycles. The van der Waals surface area contributed by atoms with Crippen LogP contribution in [0.1, 0.15) is 52.9 Å². The Morgan fingerprint density at radius 1 is 1.21 bits per heavy atom. The van der Waals surface area contributed by atoms with Gasteiger partial charge in [0.15, 0.2) is 17.5 Å². The van der Waals surface area contributed by atoms with Crippen LogP contribution in [-0.4, -0.2) is 53.8 Å². The van der Waals surface area contributed by atoms with Crippen molar-refractivity contribution in [2.45, 2.75) is 65.0 Å². The number of hydrogen-bond acceptors (Lipinski definition) is 6. The molecule has 1 aliphatic carbocycles. The molecule has 1 amide bonds. The number of rotatable bonds is 13. The second kappa shape index (κ2) is 10.5. The first-order valence-electron chi connectivity index (χ1n) is 9.81. The maximum absolute atomic E-state index is 12.8. The summed E-state index contributed by atoms with van der Waals surface area (Å²) in [7, 11) is 0. The van der Waals surface area contributed by atoms with Gasteiger partial charge in [-0.3, -0.25) is 19.4 Å². The summed E-state index contributed by atoms with van der Waals surface area (Å²) in [4.78, 5) is 41.5. The van der Waals surface area contributed by atoms with E-state index in [0.717, 1.165) is 12.8 Å². The number of amides is 1. The van der Waals surface area contributed by atoms with Crippen LogP contribution in [0.4, 0.5) is 0 Å². The van der Waals surface area contributed by atoms with E-state index in [4.69, 9.17) is 17.2 Å². The normalized spacial score (nSPS) is 18.1. The van der Waals surface area contributed by atoms with Gasteiger partial charge >= 0.3 is 0 Å². The van der Waals surface area contributed by atoms with Gasteiger partial charge in [0.1, 0.15) is 0 Å². The van der Waals surface area contributed by atoms with Gasteiger partial charge in [-0.15, -0.1) is 0 Å². The molecule has 9 nitrogen and oxygen atoms in total. The summed E-state index contributed by atoms with van der Waals surface area (Å²) < 4.78 is 0. The van der Waals surface area contributed by atoms with Crippen molar-refractivity contribution in [3.05, 3.63) is 0 Å². The Balaban J connectivity index is 2.75. The van der Waals surface area contributed by atoms with Crippen molar-refractivity contribution in [1.29, 1.82) is 0 Å². The fourth-order valence-corrected chi connectivity index (χ4v) is 2.91. The SMILES string of the molecule is CC(C)[C@H](N)C(=O)C[C@@H](CO)C(=O)N[C@@H](CCCN=C(N)N)C(=O)C1(C)CC1. The van der Waals surface area contributed by atoms with Crippen LogP contribution in [0.25, 0.3) is 0 Å². The smallest absolute Gasteiger partial charge is 0.226 e. The fourth-order valence-electron chi connectivity index (χ4n) is 2.91. The van der Waals surface area contributed by atoms with Gasteiger partial charge in [-0.1, -0.05) is 20.8 Å². The lowest BCUT2D eigenvalue weighted by Crippen LogP contribution is -2.48. The zero-order valence-electron chi connectivity index (χ0n) is 17.1. The highest BCUT2D eigenvalue weighted by atomic mass is 16.3. The second-order valence-electron chi connectivity index (χ2n) is 8.25. The van der Waals surface area contributed by atoms with E-state index in [1.54, 1.807) is 0 Å². The van der Waals surface area contributed by atoms with E-state index in [1.165, 1.54) is 0 Å². The lowest BCUT2D eigenvalue weighted by Gasteiger charge is -2.24. The van der Waals surface area contributed by atoms with Gasteiger partial charge in [0, 0.05) is 18.4 Å². The standard InChI is InChI=1S/C19H35N5O4/c1-11(2)15(20)14(26)9-12(10-25)17(28)24-13(5-4-8-23-18(21)22)16(27)19(3)6-7-19/h11-13,15,25H,4-10,20H2,1-3H3,(H,24,28)(H4,21,22,23)/t12-,13-,15-/m0/s1. The minimum Gasteiger partial charge on any atom is -0.396 e. The Bertz CT molecular complexity index is 597. The highest BCUT2D eigenvalue weighted by Gasteiger charge is 2.47. The summed E-state index contributed by atoms with van der Waals surface area (Å²) in [5.41, 5.74) is 16.0. The summed E-state index contributed by atoms with van der Waals surface area (Å²) in [5, 5.41) is 12.3. The molecule has 0 bridgehead atoms. The summed E-state index contributed by atoms with van der Waals surface area (Å²) in [6.07, 6.45) is 2.32. The highest BCUT2D eigenvalue weighted by molar-refractivity contribution is 5.96. The fraction of sp³-hybridized carbons (Fsp3) is 0.789. The van der Waals surface area contributed by atoms with E-state index >= 15 is 0 Å². The predicted octanol–water partition coefficient (Wildman–Crippen LogP) is -0.555. The molecule has 0 radical (unpaired) electrons. The Morgan fingerprint density at radius 3 is 2.29 bits per heavy atom. The van der Waals surface area contributed by atoms with E-state index in [9.17, 15) is 19.5 Å². The zero-order valence-corrected chi connectivity index (χ0v) is 17.1. The van der Waals surface area contributed by atoms with Crippen molar-refractivity contribution in [3.8, 4) is 0 Å². The summed E-state index contributed by atoms with van der Waals surface area (Å²) in [6, 6.07) is -1.39. The zero-order chi connectivity index (χ0) is 21.5. The lowest BCUT2D eigenvalue weighted by molar-refractivity contribution is -0.135. The third-order valence-electron chi connectivity index (χ3n) is 5.30. The Labute approximate surface area is 166 Å². The molecular weight excluding hydrogens is 362 g/mol. The van der Waals surface area contributed by atoms with Crippen LogP contribution in [0, 0.1) is 17.3 Å². The van der Waals surface area contributed by atoms with E-state index in [0.29, 0.717) is 19.4 Å². The topological polar surface area (TPSA) is 174 Å². The van der Waals surface area contributed by atoms with Crippen molar-refractivity contribution >= 4 is 23.4 Å². The molecule has 28 heavy (non-hydrogen) atoms. The van der Waals surface area contributed by atoms with E-state index in [2.05, 4.69) is 10.3 Å². The molecule has 160 valence electrons. The molecule has 9 heteroatoms. The number of hydrogen-bond donors (Lipinski definition) is 5. The molecule has 3 atom stereocenters. The van der Waals surface area contributed by atoms with E-state index in [1.807, 2.05) is 20.8 Å². The largest absolute Gasteiger partial charge is 0.396 e. The quantitative estimate of drug-likeness (QED) is 0.157. The first-order valence-corrected chi connectivity index (χ1v) is 9.81. The van der Waals surface area contributed by atoms with Gasteiger partial charge in [-0.05, 0) is 31.6 Å². The van der Waals surface area contributed by atoms with Crippen molar-refractivity contribution in [2.24, 2.45) is 39.4 Å². The molecular formula is C19H35N5O4. The van der Waals surface area contributed by atoms with Crippen LogP contribution in [-0.2, 0) is 14.4 Å². The molecule has 0 saturated heterocycles. The molecule has 0 spiro atoms. The number of aliphatic hydroxyl groups is 1. The Morgan fingerprint density at radius 2 is 1.82 bits per heavy atom. The maximum atomic E-state index is 12.8. The molecule has 0 aromatic rings. The first-order chi connectivity index (χ1) is 13.0. The maximum Gasteiger partial charge on any atom is 0.226 e. The Hall–Kier alpha value is -2.00. The number of Topliss-reactive ketones (excluding diaryl/α,β-unsaturated/α-hetero) is 2. The minimum atomic E-state index is -0.933. The predicted molar refractivity (Wildman–Crippen MR) is 107 cm³/mol. The number of aliphatic imine (C=N–C) groups is 1. The van der Waals surface area contributed by atoms with Gasteiger partial charge in [-0.2, -0.15) is 0 Å². The molecule has 1 fully saturated rings. The second-order valence-corrected chi connectivity index (χ2v) is 8.25. The third kappa shape index (κ3) is 7.20. The molecule has 0 unspecified atom stereocenters. The number of guanidine groups is 1. The summed E-state index contributed by atoms with van der Waals surface area (Å²) in [5.74, 6) is -1.86. The van der Waals surface area contributed by atoms with Gasteiger partial charge in [0.05, 0.1) is 24.6 Å². The molecule has 0 aromatic carbocycles. The van der Waals surface area contributed by atoms with Crippen molar-refractivity contribution < 1.29 is 19.5 Å². The molecule has 8 N–H and O–H groups in total. The number of nitrogens with one attached hydrogen (secondary N) is 1. The van der Waals surface area contributed by atoms with Gasteiger partial charge in [-0.25, -0.2) is 0 Å². The summed E-state index contributed by atoms with van der Waals surface area (Å²) >= 11 is 0. The molecule has 0 aromatic heterocycles. The average molecular weight is 398 g/mol. The number of ketones is 2. The van der Waals surface area contributed by atoms with E-state index < -0.39 is 35.9 Å². The average Bonchev–Trinajstić information content (AvgIpc) is 3.38. The van der Waals surface area contributed by atoms with Crippen LogP contribution in [0.5, 0.6) is 0 Å². The molecule has 1 aliphatic rings. The third-order valence-corrected chi connectivity index (χ3v) is 5.30. The summed E-state index contributed by atoms with van der Waals surface area (Å²) in [6.45, 7) is 5.37. The molecule has 1 rings (SSSR count).